The number of hydrogen-bond donors (Lipinski definition) is 0. The first kappa shape index (κ1) is 21.3. The third-order valence-corrected chi connectivity index (χ3v) is 9.52. The quantitative estimate of drug-likeness (QED) is 0.223. The number of para-hydroxylation sites is 2. The van der Waals surface area contributed by atoms with Crippen molar-refractivity contribution in [2.75, 3.05) is 0 Å². The SMILES string of the molecule is C1=CC2Oc3ccccc3C2C(n2c3ccccc3c3cc(-c4ccc5sc6ccccc6c5c4)ccc32)=C1. The van der Waals surface area contributed by atoms with Crippen LogP contribution in [-0.4, -0.2) is 10.7 Å². The van der Waals surface area contributed by atoms with E-state index in [1.165, 1.54) is 64.4 Å². The predicted octanol–water partition coefficient (Wildman–Crippen LogP) is 9.78. The minimum Gasteiger partial charge on any atom is -0.485 e. The highest BCUT2D eigenvalue weighted by Crippen LogP contribution is 2.48. The van der Waals surface area contributed by atoms with Crippen molar-refractivity contribution in [2.45, 2.75) is 12.0 Å². The van der Waals surface area contributed by atoms with Gasteiger partial charge in [0.15, 0.2) is 0 Å². The van der Waals surface area contributed by atoms with Gasteiger partial charge in [0.1, 0.15) is 11.9 Å². The van der Waals surface area contributed by atoms with Gasteiger partial charge in [-0.05, 0) is 65.7 Å². The lowest BCUT2D eigenvalue weighted by molar-refractivity contribution is 0.270. The molecule has 9 rings (SSSR count). The molecule has 2 nitrogen and oxygen atoms in total. The Bertz CT molecular complexity index is 2180. The van der Waals surface area contributed by atoms with Gasteiger partial charge in [-0.3, -0.25) is 0 Å². The molecule has 2 aliphatic rings. The second-order valence-electron chi connectivity index (χ2n) is 10.5. The lowest BCUT2D eigenvalue weighted by Crippen LogP contribution is -2.21. The Labute approximate surface area is 229 Å². The van der Waals surface area contributed by atoms with E-state index in [4.69, 9.17) is 4.74 Å². The van der Waals surface area contributed by atoms with Crippen molar-refractivity contribution in [1.82, 2.24) is 4.57 Å². The number of rotatable bonds is 2. The molecule has 0 saturated carbocycles. The smallest absolute Gasteiger partial charge is 0.130 e. The Hall–Kier alpha value is -4.60. The van der Waals surface area contributed by atoms with E-state index in [-0.39, 0.29) is 12.0 Å². The Kier molecular flexibility index (Phi) is 4.35. The molecule has 0 amide bonds. The van der Waals surface area contributed by atoms with E-state index in [1.807, 2.05) is 11.3 Å². The Morgan fingerprint density at radius 2 is 1.33 bits per heavy atom. The molecule has 0 bridgehead atoms. The van der Waals surface area contributed by atoms with Crippen LogP contribution in [0.5, 0.6) is 5.75 Å². The zero-order valence-electron chi connectivity index (χ0n) is 21.0. The largest absolute Gasteiger partial charge is 0.485 e. The van der Waals surface area contributed by atoms with Gasteiger partial charge in [0.05, 0.1) is 17.0 Å². The molecular weight excluding hydrogens is 494 g/mol. The van der Waals surface area contributed by atoms with Crippen molar-refractivity contribution in [1.29, 1.82) is 0 Å². The van der Waals surface area contributed by atoms with Crippen molar-refractivity contribution in [3.63, 3.8) is 0 Å². The lowest BCUT2D eigenvalue weighted by Gasteiger charge is -2.25. The summed E-state index contributed by atoms with van der Waals surface area (Å²) >= 11 is 1.87. The van der Waals surface area contributed by atoms with E-state index < -0.39 is 0 Å². The molecule has 3 heterocycles. The van der Waals surface area contributed by atoms with Gasteiger partial charge in [-0.15, -0.1) is 11.3 Å². The third-order valence-electron chi connectivity index (χ3n) is 8.37. The minimum atomic E-state index is 0.0186. The summed E-state index contributed by atoms with van der Waals surface area (Å²) < 4.78 is 11.5. The van der Waals surface area contributed by atoms with Gasteiger partial charge < -0.3 is 9.30 Å². The Morgan fingerprint density at radius 3 is 2.28 bits per heavy atom. The van der Waals surface area contributed by atoms with Crippen molar-refractivity contribution in [2.24, 2.45) is 0 Å². The van der Waals surface area contributed by atoms with Crippen LogP contribution in [0.15, 0.2) is 127 Å². The van der Waals surface area contributed by atoms with Gasteiger partial charge in [0.2, 0.25) is 0 Å². The maximum Gasteiger partial charge on any atom is 0.130 e. The van der Waals surface area contributed by atoms with Crippen LogP contribution in [0, 0.1) is 0 Å². The standard InChI is InChI=1S/C36H23NOS/c1-4-11-29-24(8-1)27-20-22(23-17-19-35-28(21-23)25-9-3-6-15-34(25)39-35)16-18-30(27)37(29)31-12-7-14-33-36(31)26-10-2-5-13-32(26)38-33/h1-21,33,36H. The fraction of sp³-hybridized carbons (Fsp3) is 0.0556. The maximum atomic E-state index is 6.36. The highest BCUT2D eigenvalue weighted by Gasteiger charge is 2.38. The summed E-state index contributed by atoms with van der Waals surface area (Å²) in [5, 5.41) is 5.22. The number of ether oxygens (including phenoxy) is 1. The summed E-state index contributed by atoms with van der Waals surface area (Å²) in [5.41, 5.74) is 7.48. The normalized spacial score (nSPS) is 18.0. The van der Waals surface area contributed by atoms with Crippen LogP contribution in [0.3, 0.4) is 0 Å². The van der Waals surface area contributed by atoms with E-state index in [0.29, 0.717) is 0 Å². The van der Waals surface area contributed by atoms with Crippen LogP contribution in [0.4, 0.5) is 0 Å². The van der Waals surface area contributed by atoms with E-state index in [1.54, 1.807) is 0 Å². The number of nitrogens with zero attached hydrogens (tertiary/aromatic N) is 1. The summed E-state index contributed by atoms with van der Waals surface area (Å²) in [5.74, 6) is 1.16. The van der Waals surface area contributed by atoms with Gasteiger partial charge in [-0.1, -0.05) is 72.8 Å². The number of fused-ring (bicyclic) bond motifs is 9. The highest BCUT2D eigenvalue weighted by atomic mass is 32.1. The van der Waals surface area contributed by atoms with E-state index >= 15 is 0 Å². The van der Waals surface area contributed by atoms with Gasteiger partial charge in [-0.25, -0.2) is 0 Å². The first-order valence-electron chi connectivity index (χ1n) is 13.4. The molecule has 3 heteroatoms. The fourth-order valence-electron chi connectivity index (χ4n) is 6.63. The number of hydrogen-bond acceptors (Lipinski definition) is 2. The summed E-state index contributed by atoms with van der Waals surface area (Å²) in [7, 11) is 0. The van der Waals surface area contributed by atoms with E-state index in [0.717, 1.165) is 5.75 Å². The Morgan fingerprint density at radius 1 is 0.615 bits per heavy atom. The van der Waals surface area contributed by atoms with Crippen LogP contribution < -0.4 is 4.74 Å². The first-order chi connectivity index (χ1) is 19.3. The molecule has 1 aliphatic heterocycles. The summed E-state index contributed by atoms with van der Waals surface area (Å²) in [6.07, 6.45) is 6.62. The molecule has 0 fully saturated rings. The van der Waals surface area contributed by atoms with Crippen LogP contribution in [0.2, 0.25) is 0 Å². The van der Waals surface area contributed by atoms with E-state index in [2.05, 4.69) is 132 Å². The summed E-state index contributed by atoms with van der Waals surface area (Å²) in [6, 6.07) is 39.8. The van der Waals surface area contributed by atoms with Gasteiger partial charge >= 0.3 is 0 Å². The van der Waals surface area contributed by atoms with E-state index in [9.17, 15) is 0 Å². The third kappa shape index (κ3) is 3.02. The minimum absolute atomic E-state index is 0.0186. The number of allylic oxidation sites excluding steroid dienone is 2. The average molecular weight is 518 g/mol. The first-order valence-corrected chi connectivity index (χ1v) is 14.2. The van der Waals surface area contributed by atoms with Gasteiger partial charge in [-0.2, -0.15) is 0 Å². The zero-order chi connectivity index (χ0) is 25.5. The highest BCUT2D eigenvalue weighted by molar-refractivity contribution is 7.25. The van der Waals surface area contributed by atoms with Crippen molar-refractivity contribution in [3.05, 3.63) is 133 Å². The van der Waals surface area contributed by atoms with Crippen molar-refractivity contribution >= 4 is 59.0 Å². The topological polar surface area (TPSA) is 14.2 Å². The molecule has 0 radical (unpaired) electrons. The summed E-state index contributed by atoms with van der Waals surface area (Å²) in [6.45, 7) is 0. The zero-order valence-corrected chi connectivity index (χ0v) is 21.9. The van der Waals surface area contributed by atoms with Gasteiger partial charge in [0.25, 0.3) is 0 Å². The molecule has 0 N–H and O–H groups in total. The summed E-state index contributed by atoms with van der Waals surface area (Å²) in [4.78, 5) is 0. The maximum absolute atomic E-state index is 6.36. The number of thiophene rings is 1. The molecule has 0 spiro atoms. The monoisotopic (exact) mass is 517 g/mol. The Balaban J connectivity index is 1.25. The molecule has 2 aromatic heterocycles. The van der Waals surface area contributed by atoms with Crippen molar-refractivity contribution in [3.8, 4) is 16.9 Å². The lowest BCUT2D eigenvalue weighted by atomic mass is 9.88. The van der Waals surface area contributed by atoms with Crippen molar-refractivity contribution < 1.29 is 4.74 Å². The van der Waals surface area contributed by atoms with Crippen LogP contribution >= 0.6 is 11.3 Å². The second kappa shape index (κ2) is 7.95. The molecular formula is C36H23NOS. The molecule has 184 valence electrons. The molecule has 2 atom stereocenters. The molecule has 2 unspecified atom stereocenters. The molecule has 7 aromatic rings. The molecule has 0 saturated heterocycles. The predicted molar refractivity (Wildman–Crippen MR) is 165 cm³/mol. The number of benzene rings is 5. The number of aromatic nitrogens is 1. The van der Waals surface area contributed by atoms with Crippen LogP contribution in [0.25, 0.3) is 58.8 Å². The fourth-order valence-corrected chi connectivity index (χ4v) is 7.72. The molecule has 39 heavy (non-hydrogen) atoms. The second-order valence-corrected chi connectivity index (χ2v) is 11.6. The van der Waals surface area contributed by atoms with Crippen LogP contribution in [0.1, 0.15) is 11.5 Å². The average Bonchev–Trinajstić information content (AvgIpc) is 3.66. The van der Waals surface area contributed by atoms with Crippen LogP contribution in [-0.2, 0) is 0 Å². The van der Waals surface area contributed by atoms with Gasteiger partial charge in [0, 0.05) is 42.2 Å². The molecule has 5 aromatic carbocycles. The molecule has 1 aliphatic carbocycles.